The molecule has 0 aliphatic carbocycles. The molecule has 0 aliphatic heterocycles. The Bertz CT molecular complexity index is 318. The van der Waals surface area contributed by atoms with E-state index in [0.717, 1.165) is 5.75 Å². The zero-order valence-corrected chi connectivity index (χ0v) is 10.8. The van der Waals surface area contributed by atoms with Gasteiger partial charge >= 0.3 is 0 Å². The van der Waals surface area contributed by atoms with Gasteiger partial charge in [0.15, 0.2) is 0 Å². The molecule has 0 spiro atoms. The molecule has 0 saturated heterocycles. The summed E-state index contributed by atoms with van der Waals surface area (Å²) < 4.78 is 0. The molecule has 1 N–H and O–H groups in total. The summed E-state index contributed by atoms with van der Waals surface area (Å²) in [4.78, 5) is 1.26. The third-order valence-electron chi connectivity index (χ3n) is 2.86. The van der Waals surface area contributed by atoms with Crippen molar-refractivity contribution in [1.82, 2.24) is 0 Å². The standard InChI is InChI=1S/C13H20OS/c1-10(2)13(4,14)9-15-12-8-6-5-7-11(12)3/h5-8,10,14H,9H2,1-4H3. The van der Waals surface area contributed by atoms with E-state index in [9.17, 15) is 5.11 Å². The molecule has 0 saturated carbocycles. The lowest BCUT2D eigenvalue weighted by Crippen LogP contribution is -2.33. The quantitative estimate of drug-likeness (QED) is 0.790. The normalized spacial score (nSPS) is 15.3. The summed E-state index contributed by atoms with van der Waals surface area (Å²) in [5, 5.41) is 10.1. The van der Waals surface area contributed by atoms with Crippen LogP contribution in [0.3, 0.4) is 0 Å². The van der Waals surface area contributed by atoms with Crippen molar-refractivity contribution in [2.75, 3.05) is 5.75 Å². The summed E-state index contributed by atoms with van der Waals surface area (Å²) in [6.45, 7) is 8.12. The first kappa shape index (κ1) is 12.6. The number of aryl methyl sites for hydroxylation is 1. The second-order valence-corrected chi connectivity index (χ2v) is 5.58. The zero-order valence-electron chi connectivity index (χ0n) is 9.95. The topological polar surface area (TPSA) is 20.2 Å². The summed E-state index contributed by atoms with van der Waals surface area (Å²) in [5.74, 6) is 1.03. The van der Waals surface area contributed by atoms with Crippen molar-refractivity contribution in [3.8, 4) is 0 Å². The molecule has 0 heterocycles. The molecule has 0 aliphatic rings. The second-order valence-electron chi connectivity index (χ2n) is 4.57. The van der Waals surface area contributed by atoms with Crippen LogP contribution >= 0.6 is 11.8 Å². The lowest BCUT2D eigenvalue weighted by molar-refractivity contribution is 0.0376. The van der Waals surface area contributed by atoms with E-state index in [-0.39, 0.29) is 5.92 Å². The van der Waals surface area contributed by atoms with Crippen LogP contribution in [0.25, 0.3) is 0 Å². The van der Waals surface area contributed by atoms with E-state index in [1.54, 1.807) is 11.8 Å². The van der Waals surface area contributed by atoms with Crippen LogP contribution in [0.4, 0.5) is 0 Å². The smallest absolute Gasteiger partial charge is 0.0736 e. The van der Waals surface area contributed by atoms with Crippen molar-refractivity contribution in [2.24, 2.45) is 5.92 Å². The Balaban J connectivity index is 2.62. The van der Waals surface area contributed by atoms with Gasteiger partial charge in [-0.3, -0.25) is 0 Å². The number of aliphatic hydroxyl groups is 1. The largest absolute Gasteiger partial charge is 0.389 e. The summed E-state index contributed by atoms with van der Waals surface area (Å²) >= 11 is 1.73. The molecule has 2 heteroatoms. The first-order valence-electron chi connectivity index (χ1n) is 5.34. The Kier molecular flexibility index (Phi) is 4.23. The predicted octanol–water partition coefficient (Wildman–Crippen LogP) is 3.49. The Hall–Kier alpha value is -0.470. The van der Waals surface area contributed by atoms with Gasteiger partial charge in [0.05, 0.1) is 5.60 Å². The van der Waals surface area contributed by atoms with E-state index < -0.39 is 5.60 Å². The maximum Gasteiger partial charge on any atom is 0.0736 e. The third-order valence-corrected chi connectivity index (χ3v) is 4.36. The SMILES string of the molecule is Cc1ccccc1SCC(C)(O)C(C)C. The van der Waals surface area contributed by atoms with Gasteiger partial charge in [-0.2, -0.15) is 0 Å². The van der Waals surface area contributed by atoms with Crippen molar-refractivity contribution < 1.29 is 5.11 Å². The maximum atomic E-state index is 10.1. The highest BCUT2D eigenvalue weighted by atomic mass is 32.2. The second kappa shape index (κ2) is 5.04. The van der Waals surface area contributed by atoms with Crippen LogP contribution in [-0.4, -0.2) is 16.5 Å². The lowest BCUT2D eigenvalue weighted by atomic mass is 9.95. The summed E-state index contributed by atoms with van der Waals surface area (Å²) in [5.41, 5.74) is 0.689. The minimum absolute atomic E-state index is 0.286. The van der Waals surface area contributed by atoms with Gasteiger partial charge in [0, 0.05) is 10.6 Å². The molecule has 0 amide bonds. The number of hydrogen-bond acceptors (Lipinski definition) is 2. The van der Waals surface area contributed by atoms with Gasteiger partial charge in [-0.05, 0) is 31.4 Å². The third kappa shape index (κ3) is 3.54. The van der Waals surface area contributed by atoms with E-state index in [1.807, 2.05) is 19.1 Å². The van der Waals surface area contributed by atoms with Crippen LogP contribution in [0.2, 0.25) is 0 Å². The molecule has 1 atom stereocenters. The van der Waals surface area contributed by atoms with Gasteiger partial charge < -0.3 is 5.11 Å². The van der Waals surface area contributed by atoms with Crippen LogP contribution in [0.15, 0.2) is 29.2 Å². The lowest BCUT2D eigenvalue weighted by Gasteiger charge is -2.27. The molecule has 1 aromatic rings. The predicted molar refractivity (Wildman–Crippen MR) is 67.4 cm³/mol. The van der Waals surface area contributed by atoms with Gasteiger partial charge in [-0.25, -0.2) is 0 Å². The van der Waals surface area contributed by atoms with Crippen LogP contribution in [0, 0.1) is 12.8 Å². The maximum absolute atomic E-state index is 10.1. The number of benzene rings is 1. The van der Waals surface area contributed by atoms with E-state index >= 15 is 0 Å². The minimum Gasteiger partial charge on any atom is -0.389 e. The average Bonchev–Trinajstić information content (AvgIpc) is 2.16. The van der Waals surface area contributed by atoms with Crippen LogP contribution in [0.1, 0.15) is 26.3 Å². The molecule has 1 aromatic carbocycles. The monoisotopic (exact) mass is 224 g/mol. The first-order valence-corrected chi connectivity index (χ1v) is 6.33. The molecule has 0 radical (unpaired) electrons. The molecule has 84 valence electrons. The highest BCUT2D eigenvalue weighted by molar-refractivity contribution is 7.99. The fourth-order valence-electron chi connectivity index (χ4n) is 1.11. The van der Waals surface area contributed by atoms with Crippen molar-refractivity contribution in [3.05, 3.63) is 29.8 Å². The van der Waals surface area contributed by atoms with Gasteiger partial charge in [-0.15, -0.1) is 11.8 Å². The first-order chi connectivity index (χ1) is 6.93. The van der Waals surface area contributed by atoms with E-state index in [2.05, 4.69) is 32.9 Å². The summed E-state index contributed by atoms with van der Waals surface area (Å²) in [7, 11) is 0. The molecular weight excluding hydrogens is 204 g/mol. The van der Waals surface area contributed by atoms with Crippen LogP contribution in [-0.2, 0) is 0 Å². The van der Waals surface area contributed by atoms with Gasteiger partial charge in [0.2, 0.25) is 0 Å². The fraction of sp³-hybridized carbons (Fsp3) is 0.538. The van der Waals surface area contributed by atoms with Crippen LogP contribution in [0.5, 0.6) is 0 Å². The Morgan fingerprint density at radius 2 is 1.93 bits per heavy atom. The van der Waals surface area contributed by atoms with Crippen molar-refractivity contribution in [3.63, 3.8) is 0 Å². The van der Waals surface area contributed by atoms with E-state index in [0.29, 0.717) is 0 Å². The zero-order chi connectivity index (χ0) is 11.5. The summed E-state index contributed by atoms with van der Waals surface area (Å²) in [6, 6.07) is 8.29. The van der Waals surface area contributed by atoms with Gasteiger partial charge in [-0.1, -0.05) is 32.0 Å². The number of hydrogen-bond donors (Lipinski definition) is 1. The van der Waals surface area contributed by atoms with Crippen molar-refractivity contribution in [2.45, 2.75) is 38.2 Å². The molecule has 1 rings (SSSR count). The highest BCUT2D eigenvalue weighted by Gasteiger charge is 2.24. The van der Waals surface area contributed by atoms with Crippen molar-refractivity contribution in [1.29, 1.82) is 0 Å². The van der Waals surface area contributed by atoms with E-state index in [4.69, 9.17) is 0 Å². The van der Waals surface area contributed by atoms with Crippen LogP contribution < -0.4 is 0 Å². The van der Waals surface area contributed by atoms with Gasteiger partial charge in [0.25, 0.3) is 0 Å². The molecule has 1 unspecified atom stereocenters. The number of thioether (sulfide) groups is 1. The Labute approximate surface area is 96.9 Å². The minimum atomic E-state index is -0.590. The van der Waals surface area contributed by atoms with Gasteiger partial charge in [0.1, 0.15) is 0 Å². The highest BCUT2D eigenvalue weighted by Crippen LogP contribution is 2.28. The average molecular weight is 224 g/mol. The Morgan fingerprint density at radius 3 is 2.47 bits per heavy atom. The Morgan fingerprint density at radius 1 is 1.33 bits per heavy atom. The molecule has 15 heavy (non-hydrogen) atoms. The van der Waals surface area contributed by atoms with E-state index in [1.165, 1.54) is 10.5 Å². The fourth-order valence-corrected chi connectivity index (χ4v) is 2.36. The molecule has 0 bridgehead atoms. The molecule has 0 fully saturated rings. The number of rotatable bonds is 4. The van der Waals surface area contributed by atoms with Crippen molar-refractivity contribution >= 4 is 11.8 Å². The molecule has 0 aromatic heterocycles. The molecule has 1 nitrogen and oxygen atoms in total. The summed E-state index contributed by atoms with van der Waals surface area (Å²) in [6.07, 6.45) is 0. The molecular formula is C13H20OS.